The van der Waals surface area contributed by atoms with Gasteiger partial charge in [-0.15, -0.1) is 47.5 Å². The summed E-state index contributed by atoms with van der Waals surface area (Å²) in [5.74, 6) is 0.968. The molecular weight excluding hydrogens is 775 g/mol. The lowest BCUT2D eigenvalue weighted by Crippen LogP contribution is -2.51. The van der Waals surface area contributed by atoms with Crippen LogP contribution in [0.2, 0.25) is 0 Å². The minimum absolute atomic E-state index is 0. The molecule has 0 aromatic carbocycles. The summed E-state index contributed by atoms with van der Waals surface area (Å²) in [7, 11) is 2.58. The molecule has 2 aliphatic heterocycles. The quantitative estimate of drug-likeness (QED) is 0.123. The van der Waals surface area contributed by atoms with E-state index in [4.69, 9.17) is 9.47 Å². The van der Waals surface area contributed by atoms with Crippen molar-refractivity contribution in [2.75, 3.05) is 27.3 Å². The highest BCUT2D eigenvalue weighted by Gasteiger charge is 2.39. The zero-order valence-electron chi connectivity index (χ0n) is 31.0. The Labute approximate surface area is 335 Å². The summed E-state index contributed by atoms with van der Waals surface area (Å²) >= 11 is 3.31. The summed E-state index contributed by atoms with van der Waals surface area (Å²) in [6.45, 7) is 8.79. The van der Waals surface area contributed by atoms with Crippen LogP contribution in [0.4, 0.5) is 9.59 Å². The number of H-pyrrole nitrogens is 2. The van der Waals surface area contributed by atoms with Crippen molar-refractivity contribution >= 4 is 71.5 Å². The van der Waals surface area contributed by atoms with E-state index in [2.05, 4.69) is 54.8 Å². The number of halogens is 2. The summed E-state index contributed by atoms with van der Waals surface area (Å²) < 4.78 is 9.51. The number of thiophene rings is 2. The Morgan fingerprint density at radius 1 is 0.685 bits per heavy atom. The van der Waals surface area contributed by atoms with Crippen molar-refractivity contribution in [3.8, 4) is 30.9 Å². The summed E-state index contributed by atoms with van der Waals surface area (Å²) in [6, 6.07) is 6.55. The molecule has 6 heterocycles. The Kier molecular flexibility index (Phi) is 14.6. The molecule has 0 bridgehead atoms. The number of carbonyl (C=O) groups is 4. The Morgan fingerprint density at radius 3 is 1.41 bits per heavy atom. The zero-order chi connectivity index (χ0) is 37.1. The molecule has 4 unspecified atom stereocenters. The number of nitrogens with zero attached hydrogens (tertiary/aromatic N) is 4. The molecule has 294 valence electrons. The van der Waals surface area contributed by atoms with Crippen LogP contribution in [0.1, 0.15) is 77.1 Å². The fraction of sp³-hybridized carbons (Fsp3) is 0.500. The smallest absolute Gasteiger partial charge is 0.407 e. The lowest BCUT2D eigenvalue weighted by Gasteiger charge is -2.30. The maximum Gasteiger partial charge on any atom is 0.407 e. The molecule has 4 N–H and O–H groups in total. The number of hydrogen-bond donors (Lipinski definition) is 4. The van der Waals surface area contributed by atoms with Crippen LogP contribution in [-0.4, -0.2) is 93.1 Å². The first-order valence-corrected chi connectivity index (χ1v) is 19.2. The highest BCUT2D eigenvalue weighted by Crippen LogP contribution is 2.41. The molecule has 2 saturated heterocycles. The molecule has 4 aromatic heterocycles. The summed E-state index contributed by atoms with van der Waals surface area (Å²) in [4.78, 5) is 75.2. The van der Waals surface area contributed by atoms with E-state index >= 15 is 0 Å². The number of aromatic amines is 2. The number of amides is 4. The van der Waals surface area contributed by atoms with Gasteiger partial charge in [0, 0.05) is 22.8 Å². The molecule has 6 rings (SSSR count). The van der Waals surface area contributed by atoms with Gasteiger partial charge >= 0.3 is 12.2 Å². The van der Waals surface area contributed by atoms with Crippen LogP contribution in [0.5, 0.6) is 0 Å². The highest BCUT2D eigenvalue weighted by molar-refractivity contribution is 7.25. The largest absolute Gasteiger partial charge is 0.453 e. The van der Waals surface area contributed by atoms with E-state index < -0.39 is 24.3 Å². The zero-order valence-corrected chi connectivity index (χ0v) is 34.3. The third-order valence-electron chi connectivity index (χ3n) is 9.66. The molecule has 0 aliphatic carbocycles. The van der Waals surface area contributed by atoms with Crippen LogP contribution in [0.3, 0.4) is 0 Å². The van der Waals surface area contributed by atoms with Crippen molar-refractivity contribution in [2.45, 2.75) is 77.5 Å². The van der Waals surface area contributed by atoms with Gasteiger partial charge in [0.15, 0.2) is 0 Å². The van der Waals surface area contributed by atoms with E-state index in [9.17, 15) is 19.2 Å². The lowest BCUT2D eigenvalue weighted by molar-refractivity contribution is -0.136. The van der Waals surface area contributed by atoms with Crippen molar-refractivity contribution in [3.05, 3.63) is 48.3 Å². The monoisotopic (exact) mass is 822 g/mol. The van der Waals surface area contributed by atoms with E-state index in [1.807, 2.05) is 49.9 Å². The number of rotatable bonds is 11. The first-order valence-electron chi connectivity index (χ1n) is 17.6. The van der Waals surface area contributed by atoms with Crippen LogP contribution >= 0.6 is 47.5 Å². The summed E-state index contributed by atoms with van der Waals surface area (Å²) in [5, 5.41) is 5.39. The normalized spacial score (nSPS) is 17.9. The molecule has 4 atom stereocenters. The fourth-order valence-electron chi connectivity index (χ4n) is 6.88. The Bertz CT molecular complexity index is 1770. The number of carbonyl (C=O) groups excluding carboxylic acids is 4. The van der Waals surface area contributed by atoms with Gasteiger partial charge in [0.1, 0.15) is 23.7 Å². The second-order valence-electron chi connectivity index (χ2n) is 13.8. The Balaban J connectivity index is 0.00000325. The number of aromatic nitrogens is 4. The van der Waals surface area contributed by atoms with Crippen molar-refractivity contribution in [1.82, 2.24) is 40.4 Å². The first kappa shape index (κ1) is 42.6. The van der Waals surface area contributed by atoms with Gasteiger partial charge in [-0.2, -0.15) is 0 Å². The Morgan fingerprint density at radius 2 is 1.06 bits per heavy atom. The van der Waals surface area contributed by atoms with Gasteiger partial charge in [0.25, 0.3) is 0 Å². The predicted octanol–water partition coefficient (Wildman–Crippen LogP) is 7.19. The molecule has 0 radical (unpaired) electrons. The van der Waals surface area contributed by atoms with Crippen LogP contribution in [0.25, 0.3) is 30.9 Å². The molecule has 14 nitrogen and oxygen atoms in total. The number of likely N-dealkylation sites (tertiary alicyclic amines) is 2. The summed E-state index contributed by atoms with van der Waals surface area (Å²) in [6.07, 6.45) is 5.64. The number of alkyl carbamates (subject to hydrolysis) is 2. The molecule has 0 spiro atoms. The topological polar surface area (TPSA) is 175 Å². The van der Waals surface area contributed by atoms with Crippen molar-refractivity contribution in [3.63, 3.8) is 0 Å². The van der Waals surface area contributed by atoms with E-state index in [-0.39, 0.29) is 60.5 Å². The van der Waals surface area contributed by atoms with Crippen molar-refractivity contribution in [1.29, 1.82) is 0 Å². The van der Waals surface area contributed by atoms with Crippen LogP contribution in [0.15, 0.2) is 36.7 Å². The number of nitrogens with one attached hydrogen (secondary N) is 4. The minimum Gasteiger partial charge on any atom is -0.453 e. The average molecular weight is 824 g/mol. The summed E-state index contributed by atoms with van der Waals surface area (Å²) in [5.41, 5.74) is 1.76. The van der Waals surface area contributed by atoms with Crippen LogP contribution in [0, 0.1) is 11.8 Å². The number of imidazole rings is 2. The maximum atomic E-state index is 13.5. The van der Waals surface area contributed by atoms with E-state index in [1.54, 1.807) is 22.7 Å². The van der Waals surface area contributed by atoms with Gasteiger partial charge in [-0.3, -0.25) is 9.59 Å². The second-order valence-corrected chi connectivity index (χ2v) is 16.0. The SMILES string of the molecule is COC(=O)NC(C(=O)N1CCCC1c1ncc(-c2ccc(-c3ccc(-c4cnc(C5CCCN5C(=O)C(NC(=O)OC)C(C)C)[nH]4)s3)s2)[nH]1)C(C)C.Cl.Cl. The molecule has 18 heteroatoms. The van der Waals surface area contributed by atoms with E-state index in [0.29, 0.717) is 13.1 Å². The van der Waals surface area contributed by atoms with E-state index in [0.717, 1.165) is 68.2 Å². The second kappa shape index (κ2) is 18.5. The molecule has 4 amide bonds. The lowest BCUT2D eigenvalue weighted by atomic mass is 10.0. The molecule has 54 heavy (non-hydrogen) atoms. The number of ether oxygens (including phenoxy) is 2. The minimum atomic E-state index is -0.688. The van der Waals surface area contributed by atoms with Gasteiger partial charge < -0.3 is 39.9 Å². The van der Waals surface area contributed by atoms with E-state index in [1.165, 1.54) is 14.2 Å². The van der Waals surface area contributed by atoms with Gasteiger partial charge in [0.05, 0.1) is 59.8 Å². The molecule has 0 saturated carbocycles. The average Bonchev–Trinajstić information content (AvgIpc) is 3.98. The van der Waals surface area contributed by atoms with Crippen LogP contribution in [-0.2, 0) is 19.1 Å². The molecule has 2 fully saturated rings. The number of hydrogen-bond acceptors (Lipinski definition) is 10. The standard InChI is InChI=1S/C36H46N8O6S2.2ClH/c1-19(2)29(41-35(47)49-5)33(45)43-15-7-9-23(43)31-37-17-21(39-31)25-11-13-27(51-25)28-14-12-26(52-28)22-18-38-32(40-22)24-10-8-16-44(24)34(46)30(20(3)4)42-36(48)50-6;;/h11-14,17-20,23-24,29-30H,7-10,15-16H2,1-6H3,(H,37,39)(H,38,40)(H,41,47)(H,42,48);2*1H. The molecular formula is C36H48Cl2N8O6S2. The highest BCUT2D eigenvalue weighted by atomic mass is 35.5. The van der Waals surface area contributed by atoms with Gasteiger partial charge in [-0.05, 0) is 61.8 Å². The third-order valence-corrected chi connectivity index (χ3v) is 12.1. The Hall–Kier alpha value is -4.12. The number of methoxy groups -OCH3 is 2. The van der Waals surface area contributed by atoms with Gasteiger partial charge in [-0.25, -0.2) is 19.6 Å². The van der Waals surface area contributed by atoms with Gasteiger partial charge in [0.2, 0.25) is 11.8 Å². The predicted molar refractivity (Wildman–Crippen MR) is 213 cm³/mol. The van der Waals surface area contributed by atoms with Crippen molar-refractivity contribution in [2.24, 2.45) is 11.8 Å². The molecule has 2 aliphatic rings. The first-order chi connectivity index (χ1) is 25.0. The maximum absolute atomic E-state index is 13.5. The van der Waals surface area contributed by atoms with Crippen LogP contribution < -0.4 is 10.6 Å². The molecule has 4 aromatic rings. The fourth-order valence-corrected chi connectivity index (χ4v) is 8.91. The van der Waals surface area contributed by atoms with Crippen molar-refractivity contribution < 1.29 is 28.7 Å². The van der Waals surface area contributed by atoms with Gasteiger partial charge in [-0.1, -0.05) is 27.7 Å². The third kappa shape index (κ3) is 9.04.